The molecule has 1 aromatic carbocycles. The van der Waals surface area contributed by atoms with Crippen molar-refractivity contribution in [1.29, 1.82) is 0 Å². The number of carbonyl (C=O) groups excluding carboxylic acids is 1. The van der Waals surface area contributed by atoms with Gasteiger partial charge in [0.2, 0.25) is 12.1 Å². The zero-order chi connectivity index (χ0) is 30.7. The van der Waals surface area contributed by atoms with E-state index in [0.29, 0.717) is 48.1 Å². The molecule has 2 aliphatic heterocycles. The minimum absolute atomic E-state index is 0.0665. The van der Waals surface area contributed by atoms with Crippen LogP contribution in [0.2, 0.25) is 22.7 Å². The number of hydrogen-bond donors (Lipinski definition) is 0. The zero-order valence-corrected chi connectivity index (χ0v) is 29.1. The van der Waals surface area contributed by atoms with Crippen LogP contribution in [-0.2, 0) is 19.0 Å². The highest BCUT2D eigenvalue weighted by molar-refractivity contribution is 6.84. The first-order valence-electron chi connectivity index (χ1n) is 16.7. The number of carbonyl (C=O) groups is 1. The van der Waals surface area contributed by atoms with Crippen LogP contribution in [-0.4, -0.2) is 63.5 Å². The molecule has 6 heteroatoms. The summed E-state index contributed by atoms with van der Waals surface area (Å²) in [5.41, 5.74) is 3.39. The Morgan fingerprint density at radius 2 is 1.55 bits per heavy atom. The average Bonchev–Trinajstić information content (AvgIpc) is 3.20. The van der Waals surface area contributed by atoms with Gasteiger partial charge in [-0.3, -0.25) is 9.69 Å². The Kier molecular flexibility index (Phi) is 8.72. The summed E-state index contributed by atoms with van der Waals surface area (Å²) >= 11 is 0. The van der Waals surface area contributed by atoms with Crippen molar-refractivity contribution >= 4 is 13.9 Å². The van der Waals surface area contributed by atoms with E-state index in [2.05, 4.69) is 104 Å². The summed E-state index contributed by atoms with van der Waals surface area (Å²) in [5, 5.41) is 0. The quantitative estimate of drug-likeness (QED) is 0.269. The first-order valence-corrected chi connectivity index (χ1v) is 19.1. The molecule has 5 nitrogen and oxygen atoms in total. The normalized spacial score (nSPS) is 33.8. The standard InChI is InChI=1S/C36H57NO4Si/c1-24(2)42(25(3)4,26(5)6)23-29-30(27-14-12-11-13-15-27)36(10,37-18-20-39-21-19-37)32(38)31(29)41-33-35(9)17-16-28(22-40-33)34(35,7)8/h11-15,24-26,28,30,33H,16-23H2,1-10H3/t28-,30+,33-,35+,36-/m1/s1. The molecule has 234 valence electrons. The fourth-order valence-corrected chi connectivity index (χ4v) is 16.0. The number of nitrogens with zero attached hydrogens (tertiary/aromatic N) is 1. The minimum atomic E-state index is -1.95. The number of morpholine rings is 1. The number of ether oxygens (including phenoxy) is 3. The topological polar surface area (TPSA) is 48.0 Å². The van der Waals surface area contributed by atoms with Crippen LogP contribution in [0, 0.1) is 16.7 Å². The Hall–Kier alpha value is -1.47. The van der Waals surface area contributed by atoms with E-state index in [-0.39, 0.29) is 22.5 Å². The Bertz CT molecular complexity index is 1150. The predicted octanol–water partition coefficient (Wildman–Crippen LogP) is 8.19. The van der Waals surface area contributed by atoms with Crippen molar-refractivity contribution in [3.05, 3.63) is 47.2 Å². The molecule has 2 bridgehead atoms. The summed E-state index contributed by atoms with van der Waals surface area (Å²) in [6.45, 7) is 27.4. The molecular formula is C36H57NO4Si. The van der Waals surface area contributed by atoms with Gasteiger partial charge in [-0.25, -0.2) is 0 Å². The van der Waals surface area contributed by atoms with Crippen molar-refractivity contribution in [1.82, 2.24) is 4.90 Å². The van der Waals surface area contributed by atoms with Gasteiger partial charge in [0.1, 0.15) is 0 Å². The van der Waals surface area contributed by atoms with Crippen molar-refractivity contribution in [2.75, 3.05) is 32.9 Å². The van der Waals surface area contributed by atoms with E-state index in [9.17, 15) is 0 Å². The summed E-state index contributed by atoms with van der Waals surface area (Å²) < 4.78 is 19.5. The number of ketones is 1. The van der Waals surface area contributed by atoms with Gasteiger partial charge in [0.25, 0.3) is 0 Å². The Balaban J connectivity index is 1.71. The van der Waals surface area contributed by atoms with E-state index in [1.54, 1.807) is 0 Å². The fraction of sp³-hybridized carbons (Fsp3) is 0.750. The second-order valence-corrected chi connectivity index (χ2v) is 21.7. The third kappa shape index (κ3) is 4.69. The lowest BCUT2D eigenvalue weighted by atomic mass is 9.64. The van der Waals surface area contributed by atoms with Crippen molar-refractivity contribution in [2.45, 2.75) is 122 Å². The highest BCUT2D eigenvalue weighted by Crippen LogP contribution is 2.63. The molecular weight excluding hydrogens is 538 g/mol. The zero-order valence-electron chi connectivity index (χ0n) is 28.1. The largest absolute Gasteiger partial charge is 0.461 e. The van der Waals surface area contributed by atoms with Gasteiger partial charge in [0, 0.05) is 24.4 Å². The van der Waals surface area contributed by atoms with Gasteiger partial charge in [0.15, 0.2) is 5.76 Å². The van der Waals surface area contributed by atoms with Gasteiger partial charge in [-0.15, -0.1) is 0 Å². The van der Waals surface area contributed by atoms with E-state index in [4.69, 9.17) is 14.2 Å². The maximum Gasteiger partial charge on any atom is 0.218 e. The molecule has 1 saturated carbocycles. The molecule has 1 aromatic rings. The number of Topliss-reactive ketones (excluding diaryl/α,β-unsaturated/α-hetero) is 1. The molecule has 5 atom stereocenters. The lowest BCUT2D eigenvalue weighted by Crippen LogP contribution is -2.58. The number of hydrogen-bond acceptors (Lipinski definition) is 5. The van der Waals surface area contributed by atoms with Crippen LogP contribution in [0.1, 0.15) is 93.6 Å². The number of benzene rings is 1. The maximum absolute atomic E-state index is 15.2. The summed E-state index contributed by atoms with van der Waals surface area (Å²) in [4.78, 5) is 17.6. The lowest BCUT2D eigenvalue weighted by molar-refractivity contribution is -0.248. The van der Waals surface area contributed by atoms with Gasteiger partial charge in [-0.05, 0) is 48.3 Å². The van der Waals surface area contributed by atoms with Crippen LogP contribution in [0.5, 0.6) is 0 Å². The van der Waals surface area contributed by atoms with Crippen LogP contribution < -0.4 is 0 Å². The third-order valence-electron chi connectivity index (χ3n) is 13.1. The molecule has 0 radical (unpaired) electrons. The first kappa shape index (κ1) is 31.9. The van der Waals surface area contributed by atoms with E-state index in [1.807, 2.05) is 0 Å². The van der Waals surface area contributed by atoms with Crippen molar-refractivity contribution in [3.63, 3.8) is 0 Å². The van der Waals surface area contributed by atoms with E-state index >= 15 is 4.79 Å². The molecule has 2 saturated heterocycles. The third-order valence-corrected chi connectivity index (χ3v) is 20.5. The monoisotopic (exact) mass is 595 g/mol. The Labute approximate surface area is 256 Å². The number of fused-ring (bicyclic) bond motifs is 2. The molecule has 0 amide bonds. The molecule has 5 rings (SSSR count). The Morgan fingerprint density at radius 3 is 2.12 bits per heavy atom. The Morgan fingerprint density at radius 1 is 0.952 bits per heavy atom. The van der Waals surface area contributed by atoms with E-state index in [1.165, 1.54) is 11.1 Å². The highest BCUT2D eigenvalue weighted by Gasteiger charge is 2.63. The van der Waals surface area contributed by atoms with Gasteiger partial charge in [0.05, 0.1) is 33.4 Å². The maximum atomic E-state index is 15.2. The van der Waals surface area contributed by atoms with Gasteiger partial charge in [-0.1, -0.05) is 109 Å². The van der Waals surface area contributed by atoms with Crippen molar-refractivity contribution in [2.24, 2.45) is 16.7 Å². The molecule has 2 aliphatic carbocycles. The lowest BCUT2D eigenvalue weighted by Gasteiger charge is -2.50. The molecule has 0 aromatic heterocycles. The molecule has 0 unspecified atom stereocenters. The predicted molar refractivity (Wildman–Crippen MR) is 173 cm³/mol. The summed E-state index contributed by atoms with van der Waals surface area (Å²) in [7, 11) is -1.95. The van der Waals surface area contributed by atoms with Gasteiger partial charge in [-0.2, -0.15) is 0 Å². The SMILES string of the molecule is CC(C)[Si](CC1=C(O[C@H]2OC[C@H]3CC[C@]2(C)C3(C)C)C(=O)[C@](C)(N2CCOCC2)[C@H]1c1ccccc1)(C(C)C)C(C)C. The summed E-state index contributed by atoms with van der Waals surface area (Å²) in [5.74, 6) is 1.22. The van der Waals surface area contributed by atoms with E-state index in [0.717, 1.165) is 32.0 Å². The smallest absolute Gasteiger partial charge is 0.218 e. The molecule has 3 fully saturated rings. The molecule has 2 heterocycles. The van der Waals surface area contributed by atoms with Crippen molar-refractivity contribution in [3.8, 4) is 0 Å². The summed E-state index contributed by atoms with van der Waals surface area (Å²) in [6, 6.07) is 11.8. The van der Waals surface area contributed by atoms with Crippen LogP contribution in [0.15, 0.2) is 41.7 Å². The molecule has 0 spiro atoms. The molecule has 4 aliphatic rings. The van der Waals surface area contributed by atoms with Crippen LogP contribution in [0.3, 0.4) is 0 Å². The first-order chi connectivity index (χ1) is 19.7. The molecule has 42 heavy (non-hydrogen) atoms. The second kappa shape index (κ2) is 11.5. The molecule has 0 N–H and O–H groups in total. The average molecular weight is 596 g/mol. The number of rotatable bonds is 9. The van der Waals surface area contributed by atoms with Gasteiger partial charge >= 0.3 is 0 Å². The summed E-state index contributed by atoms with van der Waals surface area (Å²) in [6.07, 6.45) is 1.81. The highest BCUT2D eigenvalue weighted by atomic mass is 28.3. The second-order valence-electron chi connectivity index (χ2n) is 15.7. The van der Waals surface area contributed by atoms with Crippen LogP contribution in [0.4, 0.5) is 0 Å². The van der Waals surface area contributed by atoms with Crippen LogP contribution >= 0.6 is 0 Å². The minimum Gasteiger partial charge on any atom is -0.461 e. The van der Waals surface area contributed by atoms with Gasteiger partial charge < -0.3 is 14.2 Å². The van der Waals surface area contributed by atoms with E-state index < -0.39 is 19.9 Å². The fourth-order valence-electron chi connectivity index (χ4n) is 9.75. The van der Waals surface area contributed by atoms with Crippen LogP contribution in [0.25, 0.3) is 0 Å². The van der Waals surface area contributed by atoms with Crippen molar-refractivity contribution < 1.29 is 19.0 Å².